The first-order chi connectivity index (χ1) is 16.4. The van der Waals surface area contributed by atoms with Crippen molar-refractivity contribution in [3.05, 3.63) is 93.9 Å². The number of carboxylic acids is 1. The predicted molar refractivity (Wildman–Crippen MR) is 133 cm³/mol. The SMILES string of the molecule is COc1cc(/C=C2/SC(=Nc3cccc(C)c3)NC2=O)ccc1OCc1ccc(C(=O)O)cc1. The van der Waals surface area contributed by atoms with Crippen LogP contribution in [0.3, 0.4) is 0 Å². The van der Waals surface area contributed by atoms with Crippen molar-refractivity contribution < 1.29 is 24.2 Å². The van der Waals surface area contributed by atoms with Crippen LogP contribution in [0.2, 0.25) is 0 Å². The summed E-state index contributed by atoms with van der Waals surface area (Å²) >= 11 is 1.28. The number of rotatable bonds is 7. The number of carboxylic acid groups (broad SMARTS) is 1. The van der Waals surface area contributed by atoms with Crippen LogP contribution in [0.1, 0.15) is 27.0 Å². The molecule has 172 valence electrons. The number of carbonyl (C=O) groups excluding carboxylic acids is 1. The number of amides is 1. The number of hydrogen-bond acceptors (Lipinski definition) is 6. The number of amidine groups is 1. The molecule has 4 rings (SSSR count). The highest BCUT2D eigenvalue weighted by Gasteiger charge is 2.24. The van der Waals surface area contributed by atoms with Gasteiger partial charge >= 0.3 is 5.97 Å². The van der Waals surface area contributed by atoms with Crippen LogP contribution in [0.25, 0.3) is 6.08 Å². The van der Waals surface area contributed by atoms with Crippen molar-refractivity contribution in [1.29, 1.82) is 0 Å². The zero-order valence-electron chi connectivity index (χ0n) is 18.6. The van der Waals surface area contributed by atoms with E-state index in [-0.39, 0.29) is 18.1 Å². The molecule has 0 spiro atoms. The Morgan fingerprint density at radius 2 is 1.88 bits per heavy atom. The molecule has 0 unspecified atom stereocenters. The maximum atomic E-state index is 12.4. The van der Waals surface area contributed by atoms with Gasteiger partial charge < -0.3 is 19.9 Å². The van der Waals surface area contributed by atoms with E-state index in [0.29, 0.717) is 21.6 Å². The molecule has 1 saturated heterocycles. The number of nitrogens with zero attached hydrogens (tertiary/aromatic N) is 1. The molecular formula is C26H22N2O5S. The molecule has 1 aliphatic rings. The molecule has 0 aromatic heterocycles. The van der Waals surface area contributed by atoms with Crippen LogP contribution in [0.4, 0.5) is 5.69 Å². The molecule has 0 saturated carbocycles. The standard InChI is InChI=1S/C26H22N2O5S/c1-16-4-3-5-20(12-16)27-26-28-24(29)23(34-26)14-18-8-11-21(22(13-18)32-2)33-15-17-6-9-19(10-7-17)25(30)31/h3-14H,15H2,1-2H3,(H,30,31)(H,27,28,29)/b23-14+. The number of aromatic carboxylic acids is 1. The van der Waals surface area contributed by atoms with Gasteiger partial charge in [0.2, 0.25) is 0 Å². The van der Waals surface area contributed by atoms with Gasteiger partial charge in [-0.25, -0.2) is 9.79 Å². The number of aliphatic imine (C=N–C) groups is 1. The lowest BCUT2D eigenvalue weighted by molar-refractivity contribution is -0.115. The van der Waals surface area contributed by atoms with Crippen molar-refractivity contribution in [2.75, 3.05) is 7.11 Å². The molecule has 34 heavy (non-hydrogen) atoms. The molecule has 1 amide bonds. The number of ether oxygens (including phenoxy) is 2. The Morgan fingerprint density at radius 1 is 1.09 bits per heavy atom. The van der Waals surface area contributed by atoms with E-state index >= 15 is 0 Å². The summed E-state index contributed by atoms with van der Waals surface area (Å²) in [6, 6.07) is 19.6. The Kier molecular flexibility index (Phi) is 6.98. The predicted octanol–water partition coefficient (Wildman–Crippen LogP) is 5.17. The van der Waals surface area contributed by atoms with Crippen LogP contribution in [-0.2, 0) is 11.4 Å². The Morgan fingerprint density at radius 3 is 2.59 bits per heavy atom. The molecule has 7 nitrogen and oxygen atoms in total. The van der Waals surface area contributed by atoms with Gasteiger partial charge in [0.1, 0.15) is 6.61 Å². The number of carbonyl (C=O) groups is 2. The summed E-state index contributed by atoms with van der Waals surface area (Å²) in [5, 5.41) is 12.3. The second-order valence-electron chi connectivity index (χ2n) is 7.52. The third-order valence-electron chi connectivity index (χ3n) is 4.96. The van der Waals surface area contributed by atoms with E-state index in [9.17, 15) is 9.59 Å². The third kappa shape index (κ3) is 5.65. The molecule has 0 atom stereocenters. The number of benzene rings is 3. The summed E-state index contributed by atoms with van der Waals surface area (Å²) in [4.78, 5) is 28.4. The van der Waals surface area contributed by atoms with Gasteiger partial charge in [0.25, 0.3) is 5.91 Å². The van der Waals surface area contributed by atoms with Crippen molar-refractivity contribution in [3.8, 4) is 11.5 Å². The quantitative estimate of drug-likeness (QED) is 0.459. The van der Waals surface area contributed by atoms with Gasteiger partial charge in [0, 0.05) is 0 Å². The molecule has 0 bridgehead atoms. The van der Waals surface area contributed by atoms with E-state index in [1.165, 1.54) is 23.9 Å². The average Bonchev–Trinajstić information content (AvgIpc) is 3.16. The molecule has 0 aliphatic carbocycles. The second kappa shape index (κ2) is 10.3. The van der Waals surface area contributed by atoms with Gasteiger partial charge in [-0.3, -0.25) is 4.79 Å². The Hall–Kier alpha value is -4.04. The molecule has 3 aromatic carbocycles. The largest absolute Gasteiger partial charge is 0.493 e. The van der Waals surface area contributed by atoms with Crippen LogP contribution in [0.15, 0.2) is 76.6 Å². The van der Waals surface area contributed by atoms with Crippen molar-refractivity contribution in [2.45, 2.75) is 13.5 Å². The number of nitrogens with one attached hydrogen (secondary N) is 1. The molecular weight excluding hydrogens is 452 g/mol. The minimum atomic E-state index is -0.971. The zero-order chi connectivity index (χ0) is 24.1. The van der Waals surface area contributed by atoms with Gasteiger partial charge in [0.05, 0.1) is 23.3 Å². The maximum Gasteiger partial charge on any atom is 0.335 e. The highest BCUT2D eigenvalue weighted by molar-refractivity contribution is 8.18. The smallest absolute Gasteiger partial charge is 0.335 e. The van der Waals surface area contributed by atoms with E-state index in [2.05, 4.69) is 10.3 Å². The fourth-order valence-electron chi connectivity index (χ4n) is 3.24. The summed E-state index contributed by atoms with van der Waals surface area (Å²) in [5.41, 5.74) is 3.71. The third-order valence-corrected chi connectivity index (χ3v) is 5.87. The zero-order valence-corrected chi connectivity index (χ0v) is 19.4. The molecule has 8 heteroatoms. The van der Waals surface area contributed by atoms with Crippen LogP contribution >= 0.6 is 11.8 Å². The Bertz CT molecular complexity index is 1300. The number of hydrogen-bond donors (Lipinski definition) is 2. The van der Waals surface area contributed by atoms with Crippen LogP contribution in [-0.4, -0.2) is 29.3 Å². The lowest BCUT2D eigenvalue weighted by Crippen LogP contribution is -2.19. The number of thioether (sulfide) groups is 1. The summed E-state index contributed by atoms with van der Waals surface area (Å²) in [6.45, 7) is 2.25. The maximum absolute atomic E-state index is 12.4. The molecule has 1 fully saturated rings. The first-order valence-electron chi connectivity index (χ1n) is 10.4. The van der Waals surface area contributed by atoms with E-state index in [4.69, 9.17) is 14.6 Å². The minimum absolute atomic E-state index is 0.208. The fraction of sp³-hybridized carbons (Fsp3) is 0.115. The van der Waals surface area contributed by atoms with Gasteiger partial charge in [-0.05, 0) is 77.9 Å². The van der Waals surface area contributed by atoms with E-state index in [1.807, 2.05) is 37.3 Å². The average molecular weight is 475 g/mol. The second-order valence-corrected chi connectivity index (χ2v) is 8.55. The van der Waals surface area contributed by atoms with Crippen molar-refractivity contribution in [3.63, 3.8) is 0 Å². The normalized spacial score (nSPS) is 15.4. The van der Waals surface area contributed by atoms with Crippen molar-refractivity contribution >= 4 is 40.6 Å². The number of aryl methyl sites for hydroxylation is 1. The topological polar surface area (TPSA) is 97.2 Å². The highest BCUT2D eigenvalue weighted by Crippen LogP contribution is 2.32. The monoisotopic (exact) mass is 474 g/mol. The van der Waals surface area contributed by atoms with Crippen LogP contribution in [0, 0.1) is 6.92 Å². The minimum Gasteiger partial charge on any atom is -0.493 e. The summed E-state index contributed by atoms with van der Waals surface area (Å²) < 4.78 is 11.3. The molecule has 0 radical (unpaired) electrons. The lowest BCUT2D eigenvalue weighted by atomic mass is 10.1. The van der Waals surface area contributed by atoms with Crippen LogP contribution < -0.4 is 14.8 Å². The summed E-state index contributed by atoms with van der Waals surface area (Å²) in [7, 11) is 1.55. The lowest BCUT2D eigenvalue weighted by Gasteiger charge is -2.11. The van der Waals surface area contributed by atoms with Gasteiger partial charge in [-0.1, -0.05) is 30.3 Å². The Labute approximate surface area is 201 Å². The Balaban J connectivity index is 1.46. The van der Waals surface area contributed by atoms with E-state index < -0.39 is 5.97 Å². The van der Waals surface area contributed by atoms with Crippen molar-refractivity contribution in [1.82, 2.24) is 5.32 Å². The van der Waals surface area contributed by atoms with Crippen LogP contribution in [0.5, 0.6) is 11.5 Å². The van der Waals surface area contributed by atoms with E-state index in [0.717, 1.165) is 22.4 Å². The molecule has 1 aliphatic heterocycles. The van der Waals surface area contributed by atoms with Gasteiger partial charge in [-0.2, -0.15) is 0 Å². The summed E-state index contributed by atoms with van der Waals surface area (Å²) in [6.07, 6.45) is 1.77. The van der Waals surface area contributed by atoms with Crippen molar-refractivity contribution in [2.24, 2.45) is 4.99 Å². The first kappa shape index (κ1) is 23.1. The molecule has 1 heterocycles. The first-order valence-corrected chi connectivity index (χ1v) is 11.2. The molecule has 2 N–H and O–H groups in total. The fourth-order valence-corrected chi connectivity index (χ4v) is 4.09. The van der Waals surface area contributed by atoms with Gasteiger partial charge in [0.15, 0.2) is 16.7 Å². The highest BCUT2D eigenvalue weighted by atomic mass is 32.2. The summed E-state index contributed by atoms with van der Waals surface area (Å²) in [5.74, 6) is -0.118. The van der Waals surface area contributed by atoms with E-state index in [1.54, 1.807) is 37.5 Å². The van der Waals surface area contributed by atoms with Gasteiger partial charge in [-0.15, -0.1) is 0 Å². The number of methoxy groups -OCH3 is 1. The molecule has 3 aromatic rings.